The van der Waals surface area contributed by atoms with Crippen molar-refractivity contribution in [3.63, 3.8) is 0 Å². The Labute approximate surface area is 104 Å². The average molecular weight is 259 g/mol. The number of ether oxygens (including phenoxy) is 2. The third kappa shape index (κ3) is 4.33. The highest BCUT2D eigenvalue weighted by Gasteiger charge is 2.29. The maximum absolute atomic E-state index is 11.6. The number of carbonyl (C=O) groups excluding carboxylic acids is 2. The van der Waals surface area contributed by atoms with Crippen molar-refractivity contribution in [2.45, 2.75) is 38.3 Å². The van der Waals surface area contributed by atoms with E-state index < -0.39 is 30.0 Å². The predicted molar refractivity (Wildman–Crippen MR) is 59.8 cm³/mol. The van der Waals surface area contributed by atoms with Crippen LogP contribution in [0.1, 0.15) is 26.2 Å². The van der Waals surface area contributed by atoms with Crippen LogP contribution in [-0.2, 0) is 23.9 Å². The molecule has 0 radical (unpaired) electrons. The van der Waals surface area contributed by atoms with Gasteiger partial charge in [-0.1, -0.05) is 0 Å². The molecule has 0 aromatic rings. The van der Waals surface area contributed by atoms with Crippen LogP contribution >= 0.6 is 0 Å². The molecule has 1 fully saturated rings. The summed E-state index contributed by atoms with van der Waals surface area (Å²) in [4.78, 5) is 33.8. The van der Waals surface area contributed by atoms with Gasteiger partial charge in [-0.25, -0.2) is 4.79 Å². The second-order valence-electron chi connectivity index (χ2n) is 3.91. The third-order valence-electron chi connectivity index (χ3n) is 2.51. The Morgan fingerprint density at radius 3 is 2.72 bits per heavy atom. The van der Waals surface area contributed by atoms with Gasteiger partial charge in [0.05, 0.1) is 13.0 Å². The van der Waals surface area contributed by atoms with Gasteiger partial charge in [0.25, 0.3) is 0 Å². The van der Waals surface area contributed by atoms with E-state index in [1.165, 1.54) is 0 Å². The van der Waals surface area contributed by atoms with Gasteiger partial charge in [0.15, 0.2) is 0 Å². The molecule has 2 N–H and O–H groups in total. The number of carboxylic acid groups (broad SMARTS) is 1. The molecule has 1 saturated heterocycles. The molecule has 0 aromatic heterocycles. The van der Waals surface area contributed by atoms with E-state index in [0.717, 1.165) is 6.42 Å². The zero-order valence-corrected chi connectivity index (χ0v) is 10.2. The van der Waals surface area contributed by atoms with Crippen molar-refractivity contribution in [3.05, 3.63) is 0 Å². The first-order chi connectivity index (χ1) is 8.54. The highest BCUT2D eigenvalue weighted by Crippen LogP contribution is 2.12. The van der Waals surface area contributed by atoms with E-state index in [2.05, 4.69) is 10.1 Å². The highest BCUT2D eigenvalue weighted by molar-refractivity contribution is 5.89. The smallest absolute Gasteiger partial charge is 0.326 e. The number of hydrogen-bond donors (Lipinski definition) is 2. The van der Waals surface area contributed by atoms with Crippen LogP contribution in [0.5, 0.6) is 0 Å². The highest BCUT2D eigenvalue weighted by atomic mass is 16.5. The molecular formula is C11H17NO6. The molecule has 0 bridgehead atoms. The van der Waals surface area contributed by atoms with E-state index >= 15 is 0 Å². The minimum atomic E-state index is -1.28. The van der Waals surface area contributed by atoms with Gasteiger partial charge >= 0.3 is 11.9 Å². The molecule has 102 valence electrons. The van der Waals surface area contributed by atoms with Crippen LogP contribution in [0.25, 0.3) is 0 Å². The number of nitrogens with one attached hydrogen (secondary N) is 1. The summed E-state index contributed by atoms with van der Waals surface area (Å²) < 4.78 is 9.77. The first-order valence-electron chi connectivity index (χ1n) is 5.85. The normalized spacial score (nSPS) is 20.2. The lowest BCUT2D eigenvalue weighted by Crippen LogP contribution is -2.46. The zero-order valence-electron chi connectivity index (χ0n) is 10.2. The lowest BCUT2D eigenvalue weighted by atomic mass is 10.1. The monoisotopic (exact) mass is 259 g/mol. The average Bonchev–Trinajstić information content (AvgIpc) is 2.81. The van der Waals surface area contributed by atoms with Crippen LogP contribution < -0.4 is 5.32 Å². The summed E-state index contributed by atoms with van der Waals surface area (Å²) in [6.07, 6.45) is 0.335. The van der Waals surface area contributed by atoms with Crippen molar-refractivity contribution < 1.29 is 29.0 Å². The summed E-state index contributed by atoms with van der Waals surface area (Å²) in [5.41, 5.74) is 0. The molecule has 7 heteroatoms. The standard InChI is InChI=1S/C11H17NO6/c1-2-17-9(13)6-7(11(15)16)12-10(14)8-4-3-5-18-8/h7-8H,2-6H2,1H3,(H,12,14)(H,15,16)/t7-,8-/m0/s1. The first kappa shape index (κ1) is 14.4. The van der Waals surface area contributed by atoms with Crippen LogP contribution in [0.15, 0.2) is 0 Å². The van der Waals surface area contributed by atoms with Gasteiger partial charge in [-0.05, 0) is 19.8 Å². The lowest BCUT2D eigenvalue weighted by molar-refractivity contribution is -0.150. The second kappa shape index (κ2) is 6.95. The van der Waals surface area contributed by atoms with Gasteiger partial charge in [0.2, 0.25) is 5.91 Å². The third-order valence-corrected chi connectivity index (χ3v) is 2.51. The van der Waals surface area contributed by atoms with E-state index in [-0.39, 0.29) is 13.0 Å². The van der Waals surface area contributed by atoms with Crippen LogP contribution in [0.2, 0.25) is 0 Å². The topological polar surface area (TPSA) is 102 Å². The molecule has 1 heterocycles. The van der Waals surface area contributed by atoms with E-state index in [9.17, 15) is 14.4 Å². The molecule has 0 aliphatic carbocycles. The van der Waals surface area contributed by atoms with E-state index in [1.807, 2.05) is 0 Å². The number of hydrogen-bond acceptors (Lipinski definition) is 5. The molecule has 0 spiro atoms. The van der Waals surface area contributed by atoms with Crippen molar-refractivity contribution >= 4 is 17.8 Å². The molecule has 1 aliphatic heterocycles. The number of rotatable bonds is 6. The van der Waals surface area contributed by atoms with Crippen LogP contribution in [0.3, 0.4) is 0 Å². The molecule has 7 nitrogen and oxygen atoms in total. The number of aliphatic carboxylic acids is 1. The van der Waals surface area contributed by atoms with Crippen molar-refractivity contribution in [2.24, 2.45) is 0 Å². The zero-order chi connectivity index (χ0) is 13.5. The van der Waals surface area contributed by atoms with Crippen LogP contribution in [0.4, 0.5) is 0 Å². The number of amides is 1. The summed E-state index contributed by atoms with van der Waals surface area (Å²) in [6, 6.07) is -1.28. The molecule has 0 unspecified atom stereocenters. The summed E-state index contributed by atoms with van der Waals surface area (Å²) in [7, 11) is 0. The maximum Gasteiger partial charge on any atom is 0.326 e. The van der Waals surface area contributed by atoms with Gasteiger partial charge in [0, 0.05) is 6.61 Å². The van der Waals surface area contributed by atoms with Crippen molar-refractivity contribution in [2.75, 3.05) is 13.2 Å². The molecule has 0 aromatic carbocycles. The Morgan fingerprint density at radius 1 is 1.50 bits per heavy atom. The first-order valence-corrected chi connectivity index (χ1v) is 5.85. The van der Waals surface area contributed by atoms with Gasteiger partial charge in [-0.3, -0.25) is 9.59 Å². The van der Waals surface area contributed by atoms with E-state index in [4.69, 9.17) is 9.84 Å². The largest absolute Gasteiger partial charge is 0.480 e. The Bertz CT molecular complexity index is 323. The molecule has 1 rings (SSSR count). The second-order valence-corrected chi connectivity index (χ2v) is 3.91. The Kier molecular flexibility index (Phi) is 5.57. The Balaban J connectivity index is 2.49. The molecular weight excluding hydrogens is 242 g/mol. The summed E-state index contributed by atoms with van der Waals surface area (Å²) >= 11 is 0. The Morgan fingerprint density at radius 2 is 2.22 bits per heavy atom. The van der Waals surface area contributed by atoms with Crippen molar-refractivity contribution in [1.29, 1.82) is 0 Å². The molecule has 18 heavy (non-hydrogen) atoms. The fraction of sp³-hybridized carbons (Fsp3) is 0.727. The van der Waals surface area contributed by atoms with E-state index in [0.29, 0.717) is 13.0 Å². The lowest BCUT2D eigenvalue weighted by Gasteiger charge is -2.16. The maximum atomic E-state index is 11.6. The minimum Gasteiger partial charge on any atom is -0.480 e. The number of esters is 1. The van der Waals surface area contributed by atoms with Crippen LogP contribution in [-0.4, -0.2) is 48.3 Å². The van der Waals surface area contributed by atoms with Crippen molar-refractivity contribution in [1.82, 2.24) is 5.32 Å². The van der Waals surface area contributed by atoms with Gasteiger partial charge in [0.1, 0.15) is 12.1 Å². The quantitative estimate of drug-likeness (QED) is 0.634. The van der Waals surface area contributed by atoms with E-state index in [1.54, 1.807) is 6.92 Å². The summed E-state index contributed by atoms with van der Waals surface area (Å²) in [6.45, 7) is 2.29. The molecule has 1 amide bonds. The van der Waals surface area contributed by atoms with Gasteiger partial charge < -0.3 is 19.9 Å². The summed E-state index contributed by atoms with van der Waals surface area (Å²) in [5, 5.41) is 11.2. The SMILES string of the molecule is CCOC(=O)C[C@H](NC(=O)[C@@H]1CCCO1)C(=O)O. The molecule has 1 aliphatic rings. The van der Waals surface area contributed by atoms with Gasteiger partial charge in [-0.2, -0.15) is 0 Å². The molecule has 2 atom stereocenters. The Hall–Kier alpha value is -1.63. The van der Waals surface area contributed by atoms with Gasteiger partial charge in [-0.15, -0.1) is 0 Å². The number of carbonyl (C=O) groups is 3. The fourth-order valence-corrected chi connectivity index (χ4v) is 1.64. The molecule has 0 saturated carbocycles. The number of carboxylic acids is 1. The summed E-state index contributed by atoms with van der Waals surface area (Å²) in [5.74, 6) is -2.42. The minimum absolute atomic E-state index is 0.171. The van der Waals surface area contributed by atoms with Crippen LogP contribution in [0, 0.1) is 0 Å². The fourth-order valence-electron chi connectivity index (χ4n) is 1.64. The predicted octanol–water partition coefficient (Wildman–Crippen LogP) is -0.312. The van der Waals surface area contributed by atoms with Crippen molar-refractivity contribution in [3.8, 4) is 0 Å².